The van der Waals surface area contributed by atoms with Crippen molar-refractivity contribution in [3.8, 4) is 0 Å². The molecule has 3 N–H and O–H groups in total. The van der Waals surface area contributed by atoms with Crippen LogP contribution in [0, 0.1) is 0 Å². The predicted octanol–water partition coefficient (Wildman–Crippen LogP) is 2.71. The summed E-state index contributed by atoms with van der Waals surface area (Å²) in [5.74, 6) is 0.535. The predicted molar refractivity (Wildman–Crippen MR) is 77.7 cm³/mol. The van der Waals surface area contributed by atoms with Crippen molar-refractivity contribution in [1.82, 2.24) is 5.32 Å². The quantitative estimate of drug-likeness (QED) is 0.778. The zero-order chi connectivity index (χ0) is 13.5. The lowest BCUT2D eigenvalue weighted by Gasteiger charge is -2.11. The first-order valence-corrected chi connectivity index (χ1v) is 7.29. The van der Waals surface area contributed by atoms with Gasteiger partial charge in [-0.1, -0.05) is 19.1 Å². The second kappa shape index (κ2) is 7.44. The number of thioether (sulfide) groups is 1. The number of hydrogen-bond donors (Lipinski definition) is 2. The Kier molecular flexibility index (Phi) is 6.22. The average Bonchev–Trinajstić information content (AvgIpc) is 2.36. The fraction of sp³-hybridized carbons (Fsp3) is 0.500. The number of nitrogens with one attached hydrogen (secondary N) is 1. The normalized spacial score (nSPS) is 14.0. The van der Waals surface area contributed by atoms with Gasteiger partial charge in [0.2, 0.25) is 5.91 Å². The Bertz CT molecular complexity index is 393. The largest absolute Gasteiger partial charge is 0.353 e. The van der Waals surface area contributed by atoms with Crippen LogP contribution in [0.3, 0.4) is 0 Å². The van der Waals surface area contributed by atoms with Gasteiger partial charge < -0.3 is 11.1 Å². The molecule has 0 fully saturated rings. The third-order valence-electron chi connectivity index (χ3n) is 2.77. The molecule has 0 radical (unpaired) electrons. The van der Waals surface area contributed by atoms with E-state index >= 15 is 0 Å². The van der Waals surface area contributed by atoms with Gasteiger partial charge in [-0.25, -0.2) is 0 Å². The maximum absolute atomic E-state index is 11.6. The van der Waals surface area contributed by atoms with Crippen LogP contribution >= 0.6 is 11.8 Å². The number of nitrogens with two attached hydrogens (primary N) is 1. The Morgan fingerprint density at radius 1 is 1.44 bits per heavy atom. The molecule has 0 bridgehead atoms. The molecular formula is C14H22N2OS. The number of hydrogen-bond acceptors (Lipinski definition) is 3. The molecule has 0 saturated carbocycles. The first-order chi connectivity index (χ1) is 8.52. The lowest BCUT2D eigenvalue weighted by Crippen LogP contribution is -2.33. The zero-order valence-electron chi connectivity index (χ0n) is 11.3. The van der Waals surface area contributed by atoms with Crippen molar-refractivity contribution < 1.29 is 4.79 Å². The van der Waals surface area contributed by atoms with Gasteiger partial charge in [0, 0.05) is 17.0 Å². The van der Waals surface area contributed by atoms with E-state index in [0.717, 1.165) is 16.9 Å². The van der Waals surface area contributed by atoms with Gasteiger partial charge in [-0.3, -0.25) is 4.79 Å². The highest BCUT2D eigenvalue weighted by molar-refractivity contribution is 8.00. The van der Waals surface area contributed by atoms with E-state index in [4.69, 9.17) is 5.73 Å². The van der Waals surface area contributed by atoms with E-state index in [9.17, 15) is 4.79 Å². The van der Waals surface area contributed by atoms with Gasteiger partial charge >= 0.3 is 0 Å². The minimum atomic E-state index is 0.0273. The zero-order valence-corrected chi connectivity index (χ0v) is 12.1. The van der Waals surface area contributed by atoms with Crippen molar-refractivity contribution in [2.45, 2.75) is 44.2 Å². The molecule has 0 aliphatic rings. The molecule has 1 amide bonds. The molecule has 2 unspecified atom stereocenters. The van der Waals surface area contributed by atoms with Crippen LogP contribution in [0.1, 0.15) is 38.8 Å². The van der Waals surface area contributed by atoms with Gasteiger partial charge in [0.05, 0.1) is 5.75 Å². The first kappa shape index (κ1) is 15.1. The summed E-state index contributed by atoms with van der Waals surface area (Å²) in [6.07, 6.45) is 0.955. The summed E-state index contributed by atoms with van der Waals surface area (Å²) >= 11 is 1.54. The maximum Gasteiger partial charge on any atom is 0.230 e. The third kappa shape index (κ3) is 5.10. The molecule has 1 aromatic carbocycles. The summed E-state index contributed by atoms with van der Waals surface area (Å²) in [4.78, 5) is 12.7. The van der Waals surface area contributed by atoms with Crippen molar-refractivity contribution in [3.05, 3.63) is 29.8 Å². The summed E-state index contributed by atoms with van der Waals surface area (Å²) < 4.78 is 0. The molecule has 0 aliphatic carbocycles. The van der Waals surface area contributed by atoms with E-state index in [2.05, 4.69) is 12.2 Å². The molecule has 1 rings (SSSR count). The molecule has 100 valence electrons. The molecule has 0 aromatic heterocycles. The highest BCUT2D eigenvalue weighted by Gasteiger charge is 2.07. The van der Waals surface area contributed by atoms with E-state index in [1.165, 1.54) is 0 Å². The van der Waals surface area contributed by atoms with Crippen LogP contribution < -0.4 is 11.1 Å². The van der Waals surface area contributed by atoms with Crippen LogP contribution in [0.15, 0.2) is 29.2 Å². The molecular weight excluding hydrogens is 244 g/mol. The molecule has 0 spiro atoms. The number of benzene rings is 1. The Morgan fingerprint density at radius 3 is 2.78 bits per heavy atom. The molecule has 4 heteroatoms. The minimum Gasteiger partial charge on any atom is -0.353 e. The summed E-state index contributed by atoms with van der Waals surface area (Å²) in [7, 11) is 0. The minimum absolute atomic E-state index is 0.0273. The Labute approximate surface area is 114 Å². The highest BCUT2D eigenvalue weighted by Crippen LogP contribution is 2.21. The molecule has 3 nitrogen and oxygen atoms in total. The fourth-order valence-corrected chi connectivity index (χ4v) is 2.23. The second-order valence-corrected chi connectivity index (χ2v) is 5.58. The van der Waals surface area contributed by atoms with Crippen molar-refractivity contribution in [3.63, 3.8) is 0 Å². The molecule has 2 atom stereocenters. The number of amides is 1. The third-order valence-corrected chi connectivity index (χ3v) is 3.77. The number of carbonyl (C=O) groups is 1. The van der Waals surface area contributed by atoms with Crippen LogP contribution in [0.4, 0.5) is 0 Å². The first-order valence-electron chi connectivity index (χ1n) is 6.30. The average molecular weight is 266 g/mol. The van der Waals surface area contributed by atoms with E-state index < -0.39 is 0 Å². The van der Waals surface area contributed by atoms with E-state index in [1.54, 1.807) is 11.8 Å². The summed E-state index contributed by atoms with van der Waals surface area (Å²) in [5.41, 5.74) is 6.93. The lowest BCUT2D eigenvalue weighted by atomic mass is 10.1. The fourth-order valence-electron chi connectivity index (χ4n) is 1.45. The van der Waals surface area contributed by atoms with Crippen LogP contribution in [-0.2, 0) is 4.79 Å². The SMILES string of the molecule is CCC(C)NC(=O)CSc1cccc(C(C)N)c1. The highest BCUT2D eigenvalue weighted by atomic mass is 32.2. The van der Waals surface area contributed by atoms with Gasteiger partial charge in [0.25, 0.3) is 0 Å². The second-order valence-electron chi connectivity index (χ2n) is 4.53. The monoisotopic (exact) mass is 266 g/mol. The van der Waals surface area contributed by atoms with Crippen LogP contribution in [-0.4, -0.2) is 17.7 Å². The van der Waals surface area contributed by atoms with Gasteiger partial charge in [0.1, 0.15) is 0 Å². The van der Waals surface area contributed by atoms with Crippen molar-refractivity contribution >= 4 is 17.7 Å². The number of rotatable bonds is 6. The topological polar surface area (TPSA) is 55.1 Å². The standard InChI is InChI=1S/C14H22N2OS/c1-4-10(2)16-14(17)9-18-13-7-5-6-12(8-13)11(3)15/h5-8,10-11H,4,9,15H2,1-3H3,(H,16,17). The number of carbonyl (C=O) groups excluding carboxylic acids is 1. The molecule has 0 aliphatic heterocycles. The van der Waals surface area contributed by atoms with Gasteiger partial charge in [-0.15, -0.1) is 11.8 Å². The summed E-state index contributed by atoms with van der Waals surface area (Å²) in [5, 5.41) is 2.95. The van der Waals surface area contributed by atoms with Crippen LogP contribution in [0.5, 0.6) is 0 Å². The van der Waals surface area contributed by atoms with E-state index in [-0.39, 0.29) is 18.0 Å². The summed E-state index contributed by atoms with van der Waals surface area (Å²) in [6, 6.07) is 8.31. The Hall–Kier alpha value is -1.00. The van der Waals surface area contributed by atoms with Gasteiger partial charge in [0.15, 0.2) is 0 Å². The maximum atomic E-state index is 11.6. The van der Waals surface area contributed by atoms with Gasteiger partial charge in [-0.05, 0) is 38.0 Å². The van der Waals surface area contributed by atoms with Crippen LogP contribution in [0.25, 0.3) is 0 Å². The molecule has 0 saturated heterocycles. The van der Waals surface area contributed by atoms with E-state index in [0.29, 0.717) is 5.75 Å². The van der Waals surface area contributed by atoms with Crippen molar-refractivity contribution in [2.24, 2.45) is 5.73 Å². The Balaban J connectivity index is 2.48. The molecule has 1 aromatic rings. The molecule has 18 heavy (non-hydrogen) atoms. The van der Waals surface area contributed by atoms with Crippen molar-refractivity contribution in [2.75, 3.05) is 5.75 Å². The van der Waals surface area contributed by atoms with Crippen LogP contribution in [0.2, 0.25) is 0 Å². The smallest absolute Gasteiger partial charge is 0.230 e. The van der Waals surface area contributed by atoms with Crippen molar-refractivity contribution in [1.29, 1.82) is 0 Å². The summed E-state index contributed by atoms with van der Waals surface area (Å²) in [6.45, 7) is 6.03. The molecule has 0 heterocycles. The lowest BCUT2D eigenvalue weighted by molar-refractivity contribution is -0.119. The van der Waals surface area contributed by atoms with Gasteiger partial charge in [-0.2, -0.15) is 0 Å². The van der Waals surface area contributed by atoms with E-state index in [1.807, 2.05) is 38.1 Å². The Morgan fingerprint density at radius 2 is 2.17 bits per heavy atom.